The van der Waals surface area contributed by atoms with E-state index in [0.717, 1.165) is 24.0 Å². The highest BCUT2D eigenvalue weighted by molar-refractivity contribution is 6.32. The molecular formula is C27H27ClFN5O3. The van der Waals surface area contributed by atoms with Crippen LogP contribution in [-0.2, 0) is 0 Å². The molecule has 0 atom stereocenters. The number of halogens is 2. The summed E-state index contributed by atoms with van der Waals surface area (Å²) in [5, 5.41) is 20.9. The number of amides is 1. The van der Waals surface area contributed by atoms with Crippen LogP contribution in [0.5, 0.6) is 11.6 Å². The van der Waals surface area contributed by atoms with Crippen LogP contribution in [-0.4, -0.2) is 43.8 Å². The number of fused-ring (bicyclic) bond motifs is 1. The van der Waals surface area contributed by atoms with Gasteiger partial charge in [-0.3, -0.25) is 4.79 Å². The Hall–Kier alpha value is -3.69. The second kappa shape index (κ2) is 9.64. The molecule has 4 aromatic rings. The Labute approximate surface area is 218 Å². The van der Waals surface area contributed by atoms with Crippen molar-refractivity contribution in [1.29, 1.82) is 0 Å². The highest BCUT2D eigenvalue weighted by Crippen LogP contribution is 2.33. The zero-order valence-corrected chi connectivity index (χ0v) is 21.4. The summed E-state index contributed by atoms with van der Waals surface area (Å²) in [5.74, 6) is -0.422. The minimum absolute atomic E-state index is 0.0800. The van der Waals surface area contributed by atoms with E-state index in [1.54, 1.807) is 42.8 Å². The number of aryl methyl sites for hydroxylation is 1. The van der Waals surface area contributed by atoms with Gasteiger partial charge in [-0.05, 0) is 63.4 Å². The Kier molecular flexibility index (Phi) is 6.51. The van der Waals surface area contributed by atoms with E-state index in [9.17, 15) is 14.3 Å². The quantitative estimate of drug-likeness (QED) is 0.287. The fourth-order valence-electron chi connectivity index (χ4n) is 3.88. The number of nitrogens with zero attached hydrogens (tertiary/aromatic N) is 3. The molecule has 37 heavy (non-hydrogen) atoms. The maximum absolute atomic E-state index is 14.0. The van der Waals surface area contributed by atoms with E-state index >= 15 is 0 Å². The minimum atomic E-state index is -0.990. The molecule has 0 spiro atoms. The summed E-state index contributed by atoms with van der Waals surface area (Å²) >= 11 is 6.09. The van der Waals surface area contributed by atoms with E-state index in [-0.39, 0.29) is 35.1 Å². The number of hydrogen-bond acceptors (Lipinski definition) is 6. The van der Waals surface area contributed by atoms with E-state index < -0.39 is 11.4 Å². The summed E-state index contributed by atoms with van der Waals surface area (Å²) < 4.78 is 21.5. The van der Waals surface area contributed by atoms with Crippen LogP contribution in [0.2, 0.25) is 5.02 Å². The third-order valence-corrected chi connectivity index (χ3v) is 6.33. The molecule has 2 aromatic heterocycles. The van der Waals surface area contributed by atoms with Crippen LogP contribution in [0.15, 0.2) is 48.7 Å². The number of benzene rings is 2. The zero-order chi connectivity index (χ0) is 26.3. The van der Waals surface area contributed by atoms with Crippen molar-refractivity contribution in [2.24, 2.45) is 0 Å². The number of ether oxygens (including phenoxy) is 1. The molecule has 8 nitrogen and oxygen atoms in total. The second-order valence-electron chi connectivity index (χ2n) is 9.87. The van der Waals surface area contributed by atoms with Crippen LogP contribution in [0.1, 0.15) is 42.6 Å². The Bertz CT molecular complexity index is 1490. The molecule has 2 heterocycles. The van der Waals surface area contributed by atoms with Gasteiger partial charge in [-0.15, -0.1) is 5.10 Å². The number of carbonyl (C=O) groups excluding carboxylic acids is 1. The highest BCUT2D eigenvalue weighted by Gasteiger charge is 2.25. The lowest BCUT2D eigenvalue weighted by Gasteiger charge is -2.19. The van der Waals surface area contributed by atoms with Crippen LogP contribution in [0.4, 0.5) is 10.1 Å². The van der Waals surface area contributed by atoms with Crippen LogP contribution in [0, 0.1) is 12.7 Å². The average molecular weight is 524 g/mol. The minimum Gasteiger partial charge on any atom is -0.436 e. The highest BCUT2D eigenvalue weighted by atomic mass is 35.5. The summed E-state index contributed by atoms with van der Waals surface area (Å²) in [6.45, 7) is 5.49. The monoisotopic (exact) mass is 523 g/mol. The van der Waals surface area contributed by atoms with Gasteiger partial charge in [0.15, 0.2) is 11.4 Å². The summed E-state index contributed by atoms with van der Waals surface area (Å²) in [4.78, 5) is 17.1. The van der Waals surface area contributed by atoms with Gasteiger partial charge < -0.3 is 20.5 Å². The van der Waals surface area contributed by atoms with Gasteiger partial charge in [0.1, 0.15) is 10.8 Å². The van der Waals surface area contributed by atoms with Crippen molar-refractivity contribution in [3.05, 3.63) is 70.6 Å². The standard InChI is InChI=1S/C27H27ClFN5O3/c1-15-11-16(7-10-18(15)26(35)32-17-8-9-17)21-13-30-25-20(31-14-27(2,3)36)12-23(33-34(21)25)37-22-6-4-5-19(29)24(22)28/h4-7,10-13,17,31,36H,8-9,14H2,1-3H3,(H,32,35). The molecule has 1 aliphatic carbocycles. The van der Waals surface area contributed by atoms with Crippen molar-refractivity contribution >= 4 is 28.8 Å². The average Bonchev–Trinajstić information content (AvgIpc) is 3.55. The normalized spacial score (nSPS) is 13.6. The summed E-state index contributed by atoms with van der Waals surface area (Å²) in [6.07, 6.45) is 3.71. The second-order valence-corrected chi connectivity index (χ2v) is 10.3. The van der Waals surface area contributed by atoms with Gasteiger partial charge in [-0.1, -0.05) is 23.7 Å². The number of carbonyl (C=O) groups is 1. The van der Waals surface area contributed by atoms with Gasteiger partial charge in [0.2, 0.25) is 5.88 Å². The molecule has 1 amide bonds. The van der Waals surface area contributed by atoms with Crippen molar-refractivity contribution in [1.82, 2.24) is 19.9 Å². The topological polar surface area (TPSA) is 101 Å². The van der Waals surface area contributed by atoms with E-state index in [1.165, 1.54) is 12.1 Å². The fraction of sp³-hybridized carbons (Fsp3) is 0.296. The van der Waals surface area contributed by atoms with Crippen LogP contribution in [0.3, 0.4) is 0 Å². The third kappa shape index (κ3) is 5.52. The number of imidazole rings is 1. The van der Waals surface area contributed by atoms with E-state index in [0.29, 0.717) is 22.6 Å². The molecule has 1 fully saturated rings. The predicted octanol–water partition coefficient (Wildman–Crippen LogP) is 5.36. The molecule has 192 valence electrons. The number of aliphatic hydroxyl groups is 1. The van der Waals surface area contributed by atoms with Crippen LogP contribution in [0.25, 0.3) is 16.9 Å². The molecule has 2 aromatic carbocycles. The lowest BCUT2D eigenvalue weighted by atomic mass is 10.0. The van der Waals surface area contributed by atoms with E-state index in [2.05, 4.69) is 20.7 Å². The van der Waals surface area contributed by atoms with Crippen molar-refractivity contribution in [3.8, 4) is 22.9 Å². The molecule has 5 rings (SSSR count). The van der Waals surface area contributed by atoms with Crippen molar-refractivity contribution in [2.45, 2.75) is 45.3 Å². The molecule has 10 heteroatoms. The van der Waals surface area contributed by atoms with Gasteiger partial charge in [0, 0.05) is 29.8 Å². The van der Waals surface area contributed by atoms with Gasteiger partial charge in [0.05, 0.1) is 23.2 Å². The molecule has 0 aliphatic heterocycles. The molecule has 0 radical (unpaired) electrons. The molecule has 1 saturated carbocycles. The number of nitrogens with one attached hydrogen (secondary N) is 2. The number of rotatable bonds is 8. The molecule has 0 saturated heterocycles. The lowest BCUT2D eigenvalue weighted by molar-refractivity contribution is 0.0940. The Balaban J connectivity index is 1.55. The van der Waals surface area contributed by atoms with Gasteiger partial charge in [-0.2, -0.15) is 0 Å². The smallest absolute Gasteiger partial charge is 0.251 e. The van der Waals surface area contributed by atoms with Gasteiger partial charge >= 0.3 is 0 Å². The molecule has 3 N–H and O–H groups in total. The van der Waals surface area contributed by atoms with E-state index in [4.69, 9.17) is 16.3 Å². The first-order valence-electron chi connectivity index (χ1n) is 12.0. The molecule has 0 bridgehead atoms. The third-order valence-electron chi connectivity index (χ3n) is 5.97. The van der Waals surface area contributed by atoms with E-state index in [1.807, 2.05) is 19.1 Å². The fourth-order valence-corrected chi connectivity index (χ4v) is 4.04. The lowest BCUT2D eigenvalue weighted by Crippen LogP contribution is -2.29. The predicted molar refractivity (Wildman–Crippen MR) is 140 cm³/mol. The number of aromatic nitrogens is 3. The van der Waals surface area contributed by atoms with Gasteiger partial charge in [0.25, 0.3) is 5.91 Å². The molecule has 0 unspecified atom stereocenters. The summed E-state index contributed by atoms with van der Waals surface area (Å²) in [7, 11) is 0. The SMILES string of the molecule is Cc1cc(-c2cnc3c(NCC(C)(C)O)cc(Oc4cccc(F)c4Cl)nn23)ccc1C(=O)NC1CC1. The zero-order valence-electron chi connectivity index (χ0n) is 20.7. The Morgan fingerprint density at radius 3 is 2.76 bits per heavy atom. The van der Waals surface area contributed by atoms with Crippen molar-refractivity contribution in [2.75, 3.05) is 11.9 Å². The van der Waals surface area contributed by atoms with Crippen molar-refractivity contribution < 1.29 is 19.0 Å². The first kappa shape index (κ1) is 25.0. The van der Waals surface area contributed by atoms with Crippen molar-refractivity contribution in [3.63, 3.8) is 0 Å². The van der Waals surface area contributed by atoms with Crippen LogP contribution < -0.4 is 15.4 Å². The first-order valence-corrected chi connectivity index (χ1v) is 12.4. The molecular weight excluding hydrogens is 497 g/mol. The van der Waals surface area contributed by atoms with Crippen LogP contribution >= 0.6 is 11.6 Å². The number of anilines is 1. The summed E-state index contributed by atoms with van der Waals surface area (Å²) in [6, 6.07) is 11.7. The van der Waals surface area contributed by atoms with Gasteiger partial charge in [-0.25, -0.2) is 13.9 Å². The molecule has 1 aliphatic rings. The number of hydrogen-bond donors (Lipinski definition) is 3. The summed E-state index contributed by atoms with van der Waals surface area (Å²) in [5.41, 5.74) is 2.98. The Morgan fingerprint density at radius 1 is 1.27 bits per heavy atom. The maximum Gasteiger partial charge on any atom is 0.251 e. The largest absolute Gasteiger partial charge is 0.436 e. The first-order chi connectivity index (χ1) is 17.6. The maximum atomic E-state index is 14.0. The Morgan fingerprint density at radius 2 is 2.05 bits per heavy atom.